The number of β-amino-alcohol motifs (C(OH)–C–C–N with tert-alkyl or cyclic N) is 1. The second kappa shape index (κ2) is 11.0. The minimum atomic E-state index is -1.11. The Morgan fingerprint density at radius 3 is 2.79 bits per heavy atom. The molecule has 0 amide bonds. The average Bonchev–Trinajstić information content (AvgIpc) is 3.12. The standard InChI is InChI=1S/C25H30ClN3O4/c1-20-14-27-29(15-20)10-12-32-24-4-2-3-21(13-24)16-28-9-11-31-18-25(30,17-28)19-33-23-7-5-22(26)6-8-23/h2-8,13-15,30H,9-12,16-19H2,1H3/t25-/m1/s1. The molecule has 2 heterocycles. The normalized spacial score (nSPS) is 19.2. The van der Waals surface area contributed by atoms with E-state index in [1.54, 1.807) is 24.3 Å². The van der Waals surface area contributed by atoms with Gasteiger partial charge in [0.2, 0.25) is 0 Å². The van der Waals surface area contributed by atoms with Crippen molar-refractivity contribution in [2.24, 2.45) is 0 Å². The van der Waals surface area contributed by atoms with Crippen molar-refractivity contribution in [3.63, 3.8) is 0 Å². The topological polar surface area (TPSA) is 69.0 Å². The van der Waals surface area contributed by atoms with Crippen molar-refractivity contribution < 1.29 is 19.3 Å². The maximum Gasteiger partial charge on any atom is 0.134 e. The Bertz CT molecular complexity index is 1030. The van der Waals surface area contributed by atoms with E-state index in [-0.39, 0.29) is 13.2 Å². The van der Waals surface area contributed by atoms with Crippen molar-refractivity contribution in [3.05, 3.63) is 77.1 Å². The Balaban J connectivity index is 1.31. The molecule has 176 valence electrons. The third kappa shape index (κ3) is 7.20. The number of hydrogen-bond acceptors (Lipinski definition) is 6. The molecule has 0 aliphatic carbocycles. The molecule has 33 heavy (non-hydrogen) atoms. The fraction of sp³-hybridized carbons (Fsp3) is 0.400. The molecule has 0 bridgehead atoms. The number of nitrogens with zero attached hydrogens (tertiary/aromatic N) is 3. The van der Waals surface area contributed by atoms with Gasteiger partial charge in [-0.2, -0.15) is 5.10 Å². The van der Waals surface area contributed by atoms with Crippen LogP contribution in [-0.4, -0.2) is 64.9 Å². The molecular weight excluding hydrogens is 442 g/mol. The van der Waals surface area contributed by atoms with Gasteiger partial charge in [0, 0.05) is 30.9 Å². The van der Waals surface area contributed by atoms with Gasteiger partial charge in [0.1, 0.15) is 30.3 Å². The summed E-state index contributed by atoms with van der Waals surface area (Å²) < 4.78 is 19.3. The van der Waals surface area contributed by atoms with E-state index in [0.29, 0.717) is 43.6 Å². The molecule has 1 saturated heterocycles. The molecule has 0 unspecified atom stereocenters. The van der Waals surface area contributed by atoms with Crippen LogP contribution in [0.3, 0.4) is 0 Å². The summed E-state index contributed by atoms with van der Waals surface area (Å²) in [6.07, 6.45) is 3.84. The summed E-state index contributed by atoms with van der Waals surface area (Å²) in [5, 5.41) is 16.1. The molecule has 1 aliphatic rings. The molecule has 0 radical (unpaired) electrons. The molecule has 0 saturated carbocycles. The van der Waals surface area contributed by atoms with Crippen molar-refractivity contribution in [2.75, 3.05) is 39.5 Å². The van der Waals surface area contributed by atoms with Gasteiger partial charge in [-0.3, -0.25) is 9.58 Å². The van der Waals surface area contributed by atoms with Gasteiger partial charge in [-0.15, -0.1) is 0 Å². The van der Waals surface area contributed by atoms with Crippen molar-refractivity contribution in [1.82, 2.24) is 14.7 Å². The summed E-state index contributed by atoms with van der Waals surface area (Å²) in [6.45, 7) is 6.05. The van der Waals surface area contributed by atoms with Gasteiger partial charge < -0.3 is 19.3 Å². The molecule has 1 aromatic heterocycles. The molecule has 7 nitrogen and oxygen atoms in total. The zero-order valence-electron chi connectivity index (χ0n) is 18.8. The van der Waals surface area contributed by atoms with Crippen molar-refractivity contribution in [2.45, 2.75) is 25.6 Å². The highest BCUT2D eigenvalue weighted by molar-refractivity contribution is 6.30. The van der Waals surface area contributed by atoms with E-state index in [9.17, 15) is 5.11 Å². The molecule has 1 fully saturated rings. The first kappa shape index (κ1) is 23.6. The summed E-state index contributed by atoms with van der Waals surface area (Å²) in [5.41, 5.74) is 1.15. The highest BCUT2D eigenvalue weighted by Crippen LogP contribution is 2.21. The number of aryl methyl sites for hydroxylation is 1. The largest absolute Gasteiger partial charge is 0.492 e. The lowest BCUT2D eigenvalue weighted by Crippen LogP contribution is -2.48. The number of benzene rings is 2. The average molecular weight is 472 g/mol. The lowest BCUT2D eigenvalue weighted by Gasteiger charge is -2.30. The predicted molar refractivity (Wildman–Crippen MR) is 127 cm³/mol. The first-order chi connectivity index (χ1) is 16.0. The zero-order chi connectivity index (χ0) is 23.1. The summed E-state index contributed by atoms with van der Waals surface area (Å²) in [5.74, 6) is 1.49. The molecule has 0 spiro atoms. The van der Waals surface area contributed by atoms with Crippen LogP contribution < -0.4 is 9.47 Å². The number of halogens is 1. The van der Waals surface area contributed by atoms with Crippen molar-refractivity contribution in [3.8, 4) is 11.5 Å². The Labute approximate surface area is 199 Å². The zero-order valence-corrected chi connectivity index (χ0v) is 19.6. The Morgan fingerprint density at radius 1 is 1.15 bits per heavy atom. The van der Waals surface area contributed by atoms with Gasteiger partial charge in [-0.05, 0) is 54.4 Å². The lowest BCUT2D eigenvalue weighted by molar-refractivity contribution is -0.0646. The predicted octanol–water partition coefficient (Wildman–Crippen LogP) is 3.57. The van der Waals surface area contributed by atoms with Crippen molar-refractivity contribution in [1.29, 1.82) is 0 Å². The molecule has 2 aromatic carbocycles. The van der Waals surface area contributed by atoms with E-state index in [0.717, 1.165) is 23.4 Å². The molecule has 4 rings (SSSR count). The Kier molecular flexibility index (Phi) is 7.88. The van der Waals surface area contributed by atoms with Gasteiger partial charge in [-0.1, -0.05) is 23.7 Å². The van der Waals surface area contributed by atoms with Crippen molar-refractivity contribution >= 4 is 11.6 Å². The monoisotopic (exact) mass is 471 g/mol. The van der Waals surface area contributed by atoms with Gasteiger partial charge >= 0.3 is 0 Å². The van der Waals surface area contributed by atoms with Gasteiger partial charge in [0.25, 0.3) is 0 Å². The number of aliphatic hydroxyl groups is 1. The van der Waals surface area contributed by atoms with E-state index in [1.807, 2.05) is 42.2 Å². The fourth-order valence-electron chi connectivity index (χ4n) is 3.81. The fourth-order valence-corrected chi connectivity index (χ4v) is 3.93. The van der Waals surface area contributed by atoms with E-state index < -0.39 is 5.60 Å². The van der Waals surface area contributed by atoms with E-state index in [1.165, 1.54) is 0 Å². The smallest absolute Gasteiger partial charge is 0.134 e. The highest BCUT2D eigenvalue weighted by atomic mass is 35.5. The molecular formula is C25H30ClN3O4. The maximum absolute atomic E-state index is 11.1. The molecule has 8 heteroatoms. The van der Waals surface area contributed by atoms with Crippen LogP contribution in [0.4, 0.5) is 0 Å². The van der Waals surface area contributed by atoms with Gasteiger partial charge in [0.15, 0.2) is 0 Å². The first-order valence-corrected chi connectivity index (χ1v) is 11.5. The summed E-state index contributed by atoms with van der Waals surface area (Å²) in [4.78, 5) is 2.18. The molecule has 1 atom stereocenters. The number of aromatic nitrogens is 2. The van der Waals surface area contributed by atoms with Crippen LogP contribution in [0.2, 0.25) is 5.02 Å². The molecule has 1 aliphatic heterocycles. The van der Waals surface area contributed by atoms with Gasteiger partial charge in [0.05, 0.1) is 26.0 Å². The van der Waals surface area contributed by atoms with E-state index in [2.05, 4.69) is 16.1 Å². The van der Waals surface area contributed by atoms with E-state index >= 15 is 0 Å². The minimum absolute atomic E-state index is 0.140. The van der Waals surface area contributed by atoms with Crippen LogP contribution in [0.25, 0.3) is 0 Å². The molecule has 3 aromatic rings. The number of ether oxygens (including phenoxy) is 3. The third-order valence-corrected chi connectivity index (χ3v) is 5.67. The summed E-state index contributed by atoms with van der Waals surface area (Å²) >= 11 is 5.93. The SMILES string of the molecule is Cc1cnn(CCOc2cccc(CN3CCOC[C@@](O)(COc4ccc(Cl)cc4)C3)c2)c1. The quantitative estimate of drug-likeness (QED) is 0.514. The number of hydrogen-bond donors (Lipinski definition) is 1. The van der Waals surface area contributed by atoms with E-state index in [4.69, 9.17) is 25.8 Å². The van der Waals surface area contributed by atoms with Crippen LogP contribution in [0, 0.1) is 6.92 Å². The Hall–Kier alpha value is -2.58. The molecule has 1 N–H and O–H groups in total. The number of rotatable bonds is 9. The minimum Gasteiger partial charge on any atom is -0.492 e. The summed E-state index contributed by atoms with van der Waals surface area (Å²) in [6, 6.07) is 15.2. The van der Waals surface area contributed by atoms with Crippen LogP contribution >= 0.6 is 11.6 Å². The van der Waals surface area contributed by atoms with Crippen LogP contribution in [0.15, 0.2) is 60.9 Å². The van der Waals surface area contributed by atoms with Crippen LogP contribution in [-0.2, 0) is 17.8 Å². The third-order valence-electron chi connectivity index (χ3n) is 5.42. The van der Waals surface area contributed by atoms with Crippen LogP contribution in [0.1, 0.15) is 11.1 Å². The van der Waals surface area contributed by atoms with Gasteiger partial charge in [-0.25, -0.2) is 0 Å². The highest BCUT2D eigenvalue weighted by Gasteiger charge is 2.33. The second-order valence-corrected chi connectivity index (χ2v) is 8.94. The lowest BCUT2D eigenvalue weighted by atomic mass is 10.1. The first-order valence-electron chi connectivity index (χ1n) is 11.1. The van der Waals surface area contributed by atoms with Crippen LogP contribution in [0.5, 0.6) is 11.5 Å². The second-order valence-electron chi connectivity index (χ2n) is 8.51. The maximum atomic E-state index is 11.1. The summed E-state index contributed by atoms with van der Waals surface area (Å²) in [7, 11) is 0. The Morgan fingerprint density at radius 2 is 2.00 bits per heavy atom.